The minimum Gasteiger partial charge on any atom is -0.436 e. The topological polar surface area (TPSA) is 42.9 Å². The normalized spacial score (nSPS) is 16.5. The van der Waals surface area contributed by atoms with Crippen LogP contribution in [0.1, 0.15) is 30.9 Å². The van der Waals surface area contributed by atoms with Crippen molar-refractivity contribution >= 4 is 16.8 Å². The highest BCUT2D eigenvalue weighted by Gasteiger charge is 2.22. The smallest absolute Gasteiger partial charge is 0.227 e. The van der Waals surface area contributed by atoms with Crippen molar-refractivity contribution in [3.8, 4) is 11.5 Å². The monoisotopic (exact) mass is 318 g/mol. The molecule has 4 heteroatoms. The first-order chi connectivity index (χ1) is 11.6. The summed E-state index contributed by atoms with van der Waals surface area (Å²) < 4.78 is 11.3. The van der Waals surface area contributed by atoms with Crippen molar-refractivity contribution in [2.75, 3.05) is 6.61 Å². The zero-order valence-electron chi connectivity index (χ0n) is 13.7. The summed E-state index contributed by atoms with van der Waals surface area (Å²) in [6.07, 6.45) is 1.35. The molecule has 0 radical (unpaired) electrons. The van der Waals surface area contributed by atoms with Gasteiger partial charge in [-0.2, -0.15) is 0 Å². The van der Waals surface area contributed by atoms with Crippen LogP contribution in [0.2, 0.25) is 0 Å². The van der Waals surface area contributed by atoms with Crippen molar-refractivity contribution in [3.05, 3.63) is 58.9 Å². The summed E-state index contributed by atoms with van der Waals surface area (Å²) in [5.74, 6) is 0.874. The fourth-order valence-electron chi connectivity index (χ4n) is 2.89. The highest BCUT2D eigenvalue weighted by molar-refractivity contribution is 5.84. The first kappa shape index (κ1) is 14.9. The van der Waals surface area contributed by atoms with Crippen LogP contribution in [-0.4, -0.2) is 17.7 Å². The Labute approximate surface area is 140 Å². The molecule has 120 valence electrons. The van der Waals surface area contributed by atoms with Crippen molar-refractivity contribution in [1.82, 2.24) is 4.98 Å². The Bertz CT molecular complexity index is 929. The molecule has 0 saturated carbocycles. The molecule has 4 nitrogen and oxygen atoms in total. The van der Waals surface area contributed by atoms with E-state index in [0.717, 1.165) is 35.3 Å². The number of rotatable bonds is 4. The Kier molecular flexibility index (Phi) is 3.59. The predicted molar refractivity (Wildman–Crippen MR) is 93.2 cm³/mol. The van der Waals surface area contributed by atoms with Gasteiger partial charge in [0.05, 0.1) is 24.8 Å². The van der Waals surface area contributed by atoms with Crippen molar-refractivity contribution in [2.24, 2.45) is 0 Å². The second-order valence-corrected chi connectivity index (χ2v) is 6.53. The minimum atomic E-state index is 0.274. The van der Waals surface area contributed by atoms with Gasteiger partial charge in [0.25, 0.3) is 0 Å². The van der Waals surface area contributed by atoms with Gasteiger partial charge in [-0.15, -0.1) is 0 Å². The summed E-state index contributed by atoms with van der Waals surface area (Å²) in [5, 5.41) is 0. The maximum atomic E-state index is 7.27. The average Bonchev–Trinajstić information content (AvgIpc) is 3.29. The van der Waals surface area contributed by atoms with Crippen LogP contribution in [0.15, 0.2) is 40.8 Å². The van der Waals surface area contributed by atoms with Gasteiger partial charge in [-0.05, 0) is 41.3 Å². The number of benzene rings is 2. The molecule has 2 aromatic carbocycles. The molecule has 2 heterocycles. The molecule has 1 aromatic heterocycles. The molecule has 24 heavy (non-hydrogen) atoms. The Hall–Kier alpha value is -2.64. The van der Waals surface area contributed by atoms with Gasteiger partial charge in [0, 0.05) is 12.0 Å². The van der Waals surface area contributed by atoms with Gasteiger partial charge in [-0.25, -0.2) is 9.83 Å². The summed E-state index contributed by atoms with van der Waals surface area (Å²) in [6, 6.07) is 12.0. The van der Waals surface area contributed by atoms with Crippen LogP contribution >= 0.6 is 0 Å². The Morgan fingerprint density at radius 1 is 1.25 bits per heavy atom. The number of hydrogen-bond acceptors (Lipinski definition) is 3. The van der Waals surface area contributed by atoms with Crippen LogP contribution < -0.4 is 0 Å². The number of ether oxygens (including phenoxy) is 1. The lowest BCUT2D eigenvalue weighted by atomic mass is 10.0. The van der Waals surface area contributed by atoms with Crippen molar-refractivity contribution in [3.63, 3.8) is 0 Å². The summed E-state index contributed by atoms with van der Waals surface area (Å²) in [4.78, 5) is 8.15. The van der Waals surface area contributed by atoms with Crippen LogP contribution in [-0.2, 0) is 11.2 Å². The molecule has 1 aliphatic rings. The molecule has 0 amide bonds. The first-order valence-corrected chi connectivity index (χ1v) is 8.17. The van der Waals surface area contributed by atoms with Crippen LogP contribution in [0, 0.1) is 6.57 Å². The SMILES string of the molecule is [C-]#[N+]c1cc(C(C)C)c2oc(-c3ccc(CC4CO4)cc3)nc2c1. The zero-order chi connectivity index (χ0) is 16.7. The molecule has 0 bridgehead atoms. The molecule has 1 fully saturated rings. The molecule has 0 spiro atoms. The summed E-state index contributed by atoms with van der Waals surface area (Å²) in [7, 11) is 0. The maximum absolute atomic E-state index is 7.27. The van der Waals surface area contributed by atoms with Crippen molar-refractivity contribution in [1.29, 1.82) is 0 Å². The van der Waals surface area contributed by atoms with E-state index < -0.39 is 0 Å². The van der Waals surface area contributed by atoms with E-state index in [9.17, 15) is 0 Å². The van der Waals surface area contributed by atoms with E-state index in [0.29, 0.717) is 17.7 Å². The molecule has 1 atom stereocenters. The van der Waals surface area contributed by atoms with E-state index in [1.807, 2.05) is 18.2 Å². The van der Waals surface area contributed by atoms with Gasteiger partial charge in [0.2, 0.25) is 5.89 Å². The number of fused-ring (bicyclic) bond motifs is 1. The molecule has 0 aliphatic carbocycles. The van der Waals surface area contributed by atoms with E-state index in [1.54, 1.807) is 6.07 Å². The lowest BCUT2D eigenvalue weighted by Gasteiger charge is -2.05. The van der Waals surface area contributed by atoms with Crippen LogP contribution in [0.4, 0.5) is 5.69 Å². The average molecular weight is 318 g/mol. The van der Waals surface area contributed by atoms with Crippen LogP contribution in [0.5, 0.6) is 0 Å². The van der Waals surface area contributed by atoms with E-state index in [2.05, 4.69) is 35.8 Å². The van der Waals surface area contributed by atoms with Crippen molar-refractivity contribution in [2.45, 2.75) is 32.3 Å². The predicted octanol–water partition coefficient (Wildman–Crippen LogP) is 5.11. The number of aromatic nitrogens is 1. The summed E-state index contributed by atoms with van der Waals surface area (Å²) in [6.45, 7) is 12.3. The third-order valence-corrected chi connectivity index (χ3v) is 4.32. The second kappa shape index (κ2) is 5.77. The fourth-order valence-corrected chi connectivity index (χ4v) is 2.89. The lowest BCUT2D eigenvalue weighted by Crippen LogP contribution is -1.92. The molecule has 0 N–H and O–H groups in total. The third kappa shape index (κ3) is 2.79. The largest absolute Gasteiger partial charge is 0.436 e. The fraction of sp³-hybridized carbons (Fsp3) is 0.300. The number of oxazole rings is 1. The Morgan fingerprint density at radius 3 is 2.62 bits per heavy atom. The van der Waals surface area contributed by atoms with Gasteiger partial charge >= 0.3 is 0 Å². The Balaban J connectivity index is 1.74. The third-order valence-electron chi connectivity index (χ3n) is 4.32. The summed E-state index contributed by atoms with van der Waals surface area (Å²) >= 11 is 0. The molecule has 1 saturated heterocycles. The zero-order valence-corrected chi connectivity index (χ0v) is 13.7. The maximum Gasteiger partial charge on any atom is 0.227 e. The number of nitrogens with zero attached hydrogens (tertiary/aromatic N) is 2. The van der Waals surface area contributed by atoms with E-state index in [4.69, 9.17) is 15.7 Å². The van der Waals surface area contributed by atoms with Crippen LogP contribution in [0.3, 0.4) is 0 Å². The van der Waals surface area contributed by atoms with Gasteiger partial charge in [0.1, 0.15) is 0 Å². The molecule has 3 aromatic rings. The van der Waals surface area contributed by atoms with E-state index in [1.165, 1.54) is 5.56 Å². The highest BCUT2D eigenvalue weighted by atomic mass is 16.6. The number of hydrogen-bond donors (Lipinski definition) is 0. The standard InChI is InChI=1S/C20H18N2O2/c1-12(2)17-9-15(21-3)10-18-19(17)24-20(22-18)14-6-4-13(5-7-14)8-16-11-23-16/h4-7,9-10,12,16H,8,11H2,1-2H3. The first-order valence-electron chi connectivity index (χ1n) is 8.17. The Morgan fingerprint density at radius 2 is 2.00 bits per heavy atom. The quantitative estimate of drug-likeness (QED) is 0.496. The van der Waals surface area contributed by atoms with Gasteiger partial charge in [0.15, 0.2) is 11.3 Å². The van der Waals surface area contributed by atoms with E-state index >= 15 is 0 Å². The van der Waals surface area contributed by atoms with Gasteiger partial charge in [-0.3, -0.25) is 0 Å². The van der Waals surface area contributed by atoms with Crippen LogP contribution in [0.25, 0.3) is 27.4 Å². The molecular formula is C20H18N2O2. The number of epoxide rings is 1. The molecule has 1 unspecified atom stereocenters. The van der Waals surface area contributed by atoms with E-state index in [-0.39, 0.29) is 5.92 Å². The van der Waals surface area contributed by atoms with Gasteiger partial charge < -0.3 is 9.15 Å². The molecule has 1 aliphatic heterocycles. The minimum absolute atomic E-state index is 0.274. The van der Waals surface area contributed by atoms with Crippen molar-refractivity contribution < 1.29 is 9.15 Å². The lowest BCUT2D eigenvalue weighted by molar-refractivity contribution is 0.407. The highest BCUT2D eigenvalue weighted by Crippen LogP contribution is 2.34. The molecular weight excluding hydrogens is 300 g/mol. The molecule has 4 rings (SSSR count). The van der Waals surface area contributed by atoms with Gasteiger partial charge in [-0.1, -0.05) is 26.0 Å². The summed E-state index contributed by atoms with van der Waals surface area (Å²) in [5.41, 5.74) is 5.37. The second-order valence-electron chi connectivity index (χ2n) is 6.53.